The number of rotatable bonds is 7. The highest BCUT2D eigenvalue weighted by molar-refractivity contribution is 5.94. The quantitative estimate of drug-likeness (QED) is 0.817. The van der Waals surface area contributed by atoms with Crippen molar-refractivity contribution in [3.8, 4) is 11.5 Å². The highest BCUT2D eigenvalue weighted by Crippen LogP contribution is 2.23. The van der Waals surface area contributed by atoms with E-state index < -0.39 is 18.4 Å². The summed E-state index contributed by atoms with van der Waals surface area (Å²) in [5.41, 5.74) is 1.01. The van der Waals surface area contributed by atoms with Crippen LogP contribution in [0.1, 0.15) is 16.1 Å². The number of carbonyl (C=O) groups is 2. The molecule has 8 nitrogen and oxygen atoms in total. The van der Waals surface area contributed by atoms with Crippen molar-refractivity contribution in [2.45, 2.75) is 6.54 Å². The molecular formula is C16H19N3O5. The number of aliphatic carboxylic acids is 1. The van der Waals surface area contributed by atoms with Gasteiger partial charge in [0.05, 0.1) is 14.2 Å². The molecule has 0 aliphatic rings. The van der Waals surface area contributed by atoms with Gasteiger partial charge in [-0.15, -0.1) is 0 Å². The lowest BCUT2D eigenvalue weighted by atomic mass is 10.1. The van der Waals surface area contributed by atoms with Crippen LogP contribution in [0.2, 0.25) is 0 Å². The maximum atomic E-state index is 12.6. The molecule has 1 amide bonds. The van der Waals surface area contributed by atoms with Gasteiger partial charge in [-0.25, -0.2) is 0 Å². The van der Waals surface area contributed by atoms with E-state index in [4.69, 9.17) is 14.6 Å². The molecule has 1 aromatic heterocycles. The third-order valence-corrected chi connectivity index (χ3v) is 3.44. The van der Waals surface area contributed by atoms with Gasteiger partial charge in [-0.2, -0.15) is 5.10 Å². The van der Waals surface area contributed by atoms with Crippen LogP contribution in [0, 0.1) is 0 Å². The molecule has 0 aliphatic carbocycles. The van der Waals surface area contributed by atoms with Crippen LogP contribution in [0.4, 0.5) is 0 Å². The van der Waals surface area contributed by atoms with Crippen molar-refractivity contribution in [1.82, 2.24) is 14.7 Å². The first-order chi connectivity index (χ1) is 11.4. The van der Waals surface area contributed by atoms with Gasteiger partial charge in [0.15, 0.2) is 0 Å². The molecule has 0 atom stereocenters. The lowest BCUT2D eigenvalue weighted by molar-refractivity contribution is -0.137. The van der Waals surface area contributed by atoms with Crippen molar-refractivity contribution in [3.05, 3.63) is 41.7 Å². The number of benzene rings is 1. The highest BCUT2D eigenvalue weighted by Gasteiger charge is 2.21. The zero-order valence-corrected chi connectivity index (χ0v) is 13.7. The Bertz CT molecular complexity index is 719. The second-order valence-electron chi connectivity index (χ2n) is 5.12. The van der Waals surface area contributed by atoms with Gasteiger partial charge in [0.25, 0.3) is 5.91 Å². The van der Waals surface area contributed by atoms with Crippen LogP contribution >= 0.6 is 0 Å². The lowest BCUT2D eigenvalue weighted by Gasteiger charge is -2.21. The van der Waals surface area contributed by atoms with Gasteiger partial charge in [0, 0.05) is 25.9 Å². The SMILES string of the molecule is COc1cc(CN(CC(=O)O)C(=O)c2ccnn2C)cc(OC)c1. The fraction of sp³-hybridized carbons (Fsp3) is 0.312. The lowest BCUT2D eigenvalue weighted by Crippen LogP contribution is -2.36. The summed E-state index contributed by atoms with van der Waals surface area (Å²) < 4.78 is 11.8. The summed E-state index contributed by atoms with van der Waals surface area (Å²) in [4.78, 5) is 25.0. The molecule has 0 bridgehead atoms. The van der Waals surface area contributed by atoms with E-state index in [0.29, 0.717) is 22.8 Å². The number of amides is 1. The summed E-state index contributed by atoms with van der Waals surface area (Å²) >= 11 is 0. The van der Waals surface area contributed by atoms with Crippen LogP contribution in [0.3, 0.4) is 0 Å². The zero-order chi connectivity index (χ0) is 17.7. The molecule has 0 fully saturated rings. The van der Waals surface area contributed by atoms with Gasteiger partial charge in [0.1, 0.15) is 23.7 Å². The summed E-state index contributed by atoms with van der Waals surface area (Å²) in [6.07, 6.45) is 1.49. The van der Waals surface area contributed by atoms with Gasteiger partial charge in [0.2, 0.25) is 0 Å². The van der Waals surface area contributed by atoms with Gasteiger partial charge in [-0.05, 0) is 23.8 Å². The third-order valence-electron chi connectivity index (χ3n) is 3.44. The zero-order valence-electron chi connectivity index (χ0n) is 13.7. The first-order valence-corrected chi connectivity index (χ1v) is 7.15. The summed E-state index contributed by atoms with van der Waals surface area (Å²) in [5, 5.41) is 13.1. The van der Waals surface area contributed by atoms with Crippen LogP contribution in [-0.4, -0.2) is 52.4 Å². The Morgan fingerprint density at radius 2 is 1.83 bits per heavy atom. The number of ether oxygens (including phenoxy) is 2. The summed E-state index contributed by atoms with van der Waals surface area (Å²) in [5.74, 6) is -0.389. The summed E-state index contributed by atoms with van der Waals surface area (Å²) in [7, 11) is 4.67. The molecule has 0 aliphatic heterocycles. The number of methoxy groups -OCH3 is 2. The van der Waals surface area contributed by atoms with Crippen molar-refractivity contribution in [1.29, 1.82) is 0 Å². The van der Waals surface area contributed by atoms with Crippen LogP contribution in [0.15, 0.2) is 30.5 Å². The molecule has 1 N–H and O–H groups in total. The van der Waals surface area contributed by atoms with Gasteiger partial charge < -0.3 is 19.5 Å². The molecule has 2 aromatic rings. The van der Waals surface area contributed by atoms with Crippen LogP contribution in [0.25, 0.3) is 0 Å². The molecule has 1 aromatic carbocycles. The Morgan fingerprint density at radius 1 is 1.21 bits per heavy atom. The van der Waals surface area contributed by atoms with Crippen molar-refractivity contribution in [3.63, 3.8) is 0 Å². The average Bonchev–Trinajstić information content (AvgIpc) is 2.98. The first kappa shape index (κ1) is 17.3. The first-order valence-electron chi connectivity index (χ1n) is 7.15. The van der Waals surface area contributed by atoms with E-state index in [2.05, 4.69) is 5.10 Å². The third kappa shape index (κ3) is 4.03. The minimum atomic E-state index is -1.10. The molecule has 0 spiro atoms. The topological polar surface area (TPSA) is 93.9 Å². The minimum absolute atomic E-state index is 0.101. The Morgan fingerprint density at radius 3 is 2.29 bits per heavy atom. The minimum Gasteiger partial charge on any atom is -0.497 e. The molecule has 0 saturated heterocycles. The fourth-order valence-electron chi connectivity index (χ4n) is 2.29. The monoisotopic (exact) mass is 333 g/mol. The molecular weight excluding hydrogens is 314 g/mol. The summed E-state index contributed by atoms with van der Waals surface area (Å²) in [6, 6.07) is 6.71. The number of aryl methyl sites for hydroxylation is 1. The fourth-order valence-corrected chi connectivity index (χ4v) is 2.29. The van der Waals surface area contributed by atoms with Gasteiger partial charge >= 0.3 is 5.97 Å². The predicted octanol–water partition coefficient (Wildman–Crippen LogP) is 1.16. The Labute approximate surface area is 139 Å². The van der Waals surface area contributed by atoms with E-state index >= 15 is 0 Å². The smallest absolute Gasteiger partial charge is 0.323 e. The van der Waals surface area contributed by atoms with Crippen molar-refractivity contribution < 1.29 is 24.2 Å². The Kier molecular flexibility index (Phi) is 5.41. The number of aromatic nitrogens is 2. The second kappa shape index (κ2) is 7.49. The van der Waals surface area contributed by atoms with Crippen LogP contribution in [0.5, 0.6) is 11.5 Å². The number of carboxylic acids is 1. The van der Waals surface area contributed by atoms with Crippen LogP contribution in [-0.2, 0) is 18.4 Å². The van der Waals surface area contributed by atoms with Crippen molar-refractivity contribution in [2.24, 2.45) is 7.05 Å². The van der Waals surface area contributed by atoms with Crippen molar-refractivity contribution >= 4 is 11.9 Å². The molecule has 0 unspecified atom stereocenters. The molecule has 2 rings (SSSR count). The van der Waals surface area contributed by atoms with Crippen molar-refractivity contribution in [2.75, 3.05) is 20.8 Å². The van der Waals surface area contributed by atoms with Gasteiger partial charge in [-0.3, -0.25) is 14.3 Å². The summed E-state index contributed by atoms with van der Waals surface area (Å²) in [6.45, 7) is -0.326. The van der Waals surface area contributed by atoms with E-state index in [9.17, 15) is 9.59 Å². The van der Waals surface area contributed by atoms with Gasteiger partial charge in [-0.1, -0.05) is 0 Å². The van der Waals surface area contributed by atoms with E-state index in [-0.39, 0.29) is 6.54 Å². The molecule has 8 heteroatoms. The maximum absolute atomic E-state index is 12.6. The number of hydrogen-bond donors (Lipinski definition) is 1. The second-order valence-corrected chi connectivity index (χ2v) is 5.12. The number of hydrogen-bond acceptors (Lipinski definition) is 5. The number of carbonyl (C=O) groups excluding carboxylic acids is 1. The molecule has 0 radical (unpaired) electrons. The van der Waals surface area contributed by atoms with E-state index in [1.807, 2.05) is 0 Å². The van der Waals surface area contributed by atoms with E-state index in [1.165, 1.54) is 30.0 Å². The molecule has 24 heavy (non-hydrogen) atoms. The maximum Gasteiger partial charge on any atom is 0.323 e. The predicted molar refractivity (Wildman–Crippen MR) is 85.1 cm³/mol. The number of carboxylic acid groups (broad SMARTS) is 1. The molecule has 1 heterocycles. The number of nitrogens with zero attached hydrogens (tertiary/aromatic N) is 3. The van der Waals surface area contributed by atoms with E-state index in [0.717, 1.165) is 0 Å². The largest absolute Gasteiger partial charge is 0.497 e. The Balaban J connectivity index is 2.31. The molecule has 128 valence electrons. The van der Waals surface area contributed by atoms with Crippen LogP contribution < -0.4 is 9.47 Å². The standard InChI is InChI=1S/C16H19N3O5/c1-18-14(4-5-17-18)16(22)19(10-15(20)21)9-11-6-12(23-2)8-13(7-11)24-3/h4-8H,9-10H2,1-3H3,(H,20,21). The highest BCUT2D eigenvalue weighted by atomic mass is 16.5. The molecule has 0 saturated carbocycles. The normalized spacial score (nSPS) is 10.3. The average molecular weight is 333 g/mol. The van der Waals surface area contributed by atoms with E-state index in [1.54, 1.807) is 31.3 Å². The Hall–Kier alpha value is -3.03.